The van der Waals surface area contributed by atoms with Crippen molar-refractivity contribution in [3.05, 3.63) is 11.6 Å². The van der Waals surface area contributed by atoms with Crippen molar-refractivity contribution in [3.8, 4) is 0 Å². The highest BCUT2D eigenvalue weighted by atomic mass is 16.1. The van der Waals surface area contributed by atoms with Gasteiger partial charge in [-0.15, -0.1) is 0 Å². The molecule has 0 saturated heterocycles. The second-order valence-electron chi connectivity index (χ2n) is 4.15. The Morgan fingerprint density at radius 3 is 2.92 bits per heavy atom. The quantitative estimate of drug-likeness (QED) is 0.455. The smallest absolute Gasteiger partial charge is 0.126 e. The number of hydrogen-bond acceptors (Lipinski definition) is 1. The lowest BCUT2D eigenvalue weighted by atomic mass is 9.69. The summed E-state index contributed by atoms with van der Waals surface area (Å²) in [6.07, 6.45) is 6.61. The number of allylic oxidation sites excluding steroid dienone is 2. The van der Waals surface area contributed by atoms with Gasteiger partial charge < -0.3 is 4.79 Å². The minimum atomic E-state index is -0.0890. The van der Waals surface area contributed by atoms with Gasteiger partial charge in [0.25, 0.3) is 0 Å². The molecule has 0 amide bonds. The van der Waals surface area contributed by atoms with Gasteiger partial charge in [-0.1, -0.05) is 25.5 Å². The molecule has 0 aliphatic heterocycles. The fourth-order valence-corrected chi connectivity index (χ4v) is 2.00. The van der Waals surface area contributed by atoms with Gasteiger partial charge >= 0.3 is 0 Å². The van der Waals surface area contributed by atoms with Crippen LogP contribution in [0, 0.1) is 11.3 Å². The topological polar surface area (TPSA) is 17.1 Å². The SMILES string of the molecule is CCC1C=C(C)CCC1(C)C=O. The summed E-state index contributed by atoms with van der Waals surface area (Å²) in [7, 11) is 0. The minimum Gasteiger partial charge on any atom is -0.303 e. The second-order valence-corrected chi connectivity index (χ2v) is 4.15. The van der Waals surface area contributed by atoms with E-state index >= 15 is 0 Å². The monoisotopic (exact) mass is 166 g/mol. The summed E-state index contributed by atoms with van der Waals surface area (Å²) in [4.78, 5) is 10.9. The summed E-state index contributed by atoms with van der Waals surface area (Å²) in [5.74, 6) is 0.462. The maximum atomic E-state index is 10.9. The predicted molar refractivity (Wildman–Crippen MR) is 50.9 cm³/mol. The van der Waals surface area contributed by atoms with Crippen molar-refractivity contribution in [3.63, 3.8) is 0 Å². The van der Waals surface area contributed by atoms with Gasteiger partial charge in [-0.25, -0.2) is 0 Å². The molecule has 68 valence electrons. The molecule has 0 radical (unpaired) electrons. The molecule has 0 spiro atoms. The van der Waals surface area contributed by atoms with E-state index in [4.69, 9.17) is 0 Å². The van der Waals surface area contributed by atoms with Crippen LogP contribution in [-0.2, 0) is 4.79 Å². The highest BCUT2D eigenvalue weighted by molar-refractivity contribution is 5.60. The van der Waals surface area contributed by atoms with E-state index in [0.717, 1.165) is 25.5 Å². The molecular formula is C11H18O. The van der Waals surface area contributed by atoms with E-state index < -0.39 is 0 Å². The van der Waals surface area contributed by atoms with Crippen LogP contribution in [0.5, 0.6) is 0 Å². The van der Waals surface area contributed by atoms with E-state index in [9.17, 15) is 4.79 Å². The van der Waals surface area contributed by atoms with Gasteiger partial charge in [0.1, 0.15) is 6.29 Å². The minimum absolute atomic E-state index is 0.0890. The Kier molecular flexibility index (Phi) is 2.71. The van der Waals surface area contributed by atoms with Crippen molar-refractivity contribution in [2.75, 3.05) is 0 Å². The van der Waals surface area contributed by atoms with Crippen molar-refractivity contribution in [2.45, 2.75) is 40.0 Å². The van der Waals surface area contributed by atoms with Crippen LogP contribution in [0.1, 0.15) is 40.0 Å². The summed E-state index contributed by atoms with van der Waals surface area (Å²) < 4.78 is 0. The van der Waals surface area contributed by atoms with E-state index in [0.29, 0.717) is 5.92 Å². The van der Waals surface area contributed by atoms with Gasteiger partial charge in [-0.2, -0.15) is 0 Å². The summed E-state index contributed by atoms with van der Waals surface area (Å²) in [6.45, 7) is 6.39. The van der Waals surface area contributed by atoms with Gasteiger partial charge in [0.15, 0.2) is 0 Å². The molecule has 12 heavy (non-hydrogen) atoms. The molecule has 0 saturated carbocycles. The average Bonchev–Trinajstić information content (AvgIpc) is 2.09. The Morgan fingerprint density at radius 1 is 1.75 bits per heavy atom. The number of carbonyl (C=O) groups is 1. The Hall–Kier alpha value is -0.590. The van der Waals surface area contributed by atoms with E-state index in [1.54, 1.807) is 0 Å². The molecule has 1 rings (SSSR count). The van der Waals surface area contributed by atoms with Gasteiger partial charge in [-0.3, -0.25) is 0 Å². The number of rotatable bonds is 2. The molecule has 2 atom stereocenters. The Bertz CT molecular complexity index is 205. The normalized spacial score (nSPS) is 35.9. The Labute approximate surface area is 74.9 Å². The highest BCUT2D eigenvalue weighted by Gasteiger charge is 2.33. The van der Waals surface area contributed by atoms with Crippen LogP contribution < -0.4 is 0 Å². The molecule has 1 aliphatic carbocycles. The standard InChI is InChI=1S/C11H18O/c1-4-10-7-9(2)5-6-11(10,3)8-12/h7-8,10H,4-6H2,1-3H3. The van der Waals surface area contributed by atoms with Gasteiger partial charge in [0.2, 0.25) is 0 Å². The molecule has 0 bridgehead atoms. The molecule has 0 aromatic rings. The van der Waals surface area contributed by atoms with Gasteiger partial charge in [0, 0.05) is 5.41 Å². The lowest BCUT2D eigenvalue weighted by Gasteiger charge is -2.34. The van der Waals surface area contributed by atoms with Gasteiger partial charge in [0.05, 0.1) is 0 Å². The highest BCUT2D eigenvalue weighted by Crippen LogP contribution is 2.39. The summed E-state index contributed by atoms with van der Waals surface area (Å²) >= 11 is 0. The van der Waals surface area contributed by atoms with E-state index in [-0.39, 0.29) is 5.41 Å². The lowest BCUT2D eigenvalue weighted by molar-refractivity contribution is -0.117. The zero-order valence-electron chi connectivity index (χ0n) is 8.26. The van der Waals surface area contributed by atoms with Gasteiger partial charge in [-0.05, 0) is 32.1 Å². The third-order valence-corrected chi connectivity index (χ3v) is 3.10. The predicted octanol–water partition coefficient (Wildman–Crippen LogP) is 2.96. The fraction of sp³-hybridized carbons (Fsp3) is 0.727. The van der Waals surface area contributed by atoms with Crippen molar-refractivity contribution < 1.29 is 4.79 Å². The van der Waals surface area contributed by atoms with Crippen molar-refractivity contribution in [2.24, 2.45) is 11.3 Å². The summed E-state index contributed by atoms with van der Waals surface area (Å²) in [5, 5.41) is 0. The molecule has 1 heteroatoms. The first-order chi connectivity index (χ1) is 5.62. The summed E-state index contributed by atoms with van der Waals surface area (Å²) in [5.41, 5.74) is 1.36. The number of aldehydes is 1. The molecule has 2 unspecified atom stereocenters. The van der Waals surface area contributed by atoms with Crippen molar-refractivity contribution in [1.29, 1.82) is 0 Å². The van der Waals surface area contributed by atoms with Crippen LogP contribution in [-0.4, -0.2) is 6.29 Å². The molecule has 0 fully saturated rings. The first-order valence-corrected chi connectivity index (χ1v) is 4.76. The lowest BCUT2D eigenvalue weighted by Crippen LogP contribution is -2.30. The Balaban J connectivity index is 2.86. The van der Waals surface area contributed by atoms with Crippen LogP contribution in [0.2, 0.25) is 0 Å². The fourth-order valence-electron chi connectivity index (χ4n) is 2.00. The molecule has 0 heterocycles. The van der Waals surface area contributed by atoms with Crippen LogP contribution in [0.15, 0.2) is 11.6 Å². The molecule has 1 aliphatic rings. The Morgan fingerprint density at radius 2 is 2.42 bits per heavy atom. The number of carbonyl (C=O) groups excluding carboxylic acids is 1. The molecule has 0 aromatic carbocycles. The maximum absolute atomic E-state index is 10.9. The molecule has 1 nitrogen and oxygen atoms in total. The molecular weight excluding hydrogens is 148 g/mol. The van der Waals surface area contributed by atoms with Crippen LogP contribution in [0.25, 0.3) is 0 Å². The number of hydrogen-bond donors (Lipinski definition) is 0. The largest absolute Gasteiger partial charge is 0.303 e. The van der Waals surface area contributed by atoms with Crippen LogP contribution in [0.4, 0.5) is 0 Å². The zero-order valence-corrected chi connectivity index (χ0v) is 8.26. The third-order valence-electron chi connectivity index (χ3n) is 3.10. The summed E-state index contributed by atoms with van der Waals surface area (Å²) in [6, 6.07) is 0. The van der Waals surface area contributed by atoms with E-state index in [1.807, 2.05) is 0 Å². The second kappa shape index (κ2) is 3.42. The van der Waals surface area contributed by atoms with Crippen molar-refractivity contribution in [1.82, 2.24) is 0 Å². The maximum Gasteiger partial charge on any atom is 0.126 e. The first kappa shape index (κ1) is 9.50. The molecule has 0 N–H and O–H groups in total. The average molecular weight is 166 g/mol. The zero-order chi connectivity index (χ0) is 9.19. The third kappa shape index (κ3) is 1.60. The van der Waals surface area contributed by atoms with Crippen LogP contribution in [0.3, 0.4) is 0 Å². The van der Waals surface area contributed by atoms with Crippen LogP contribution >= 0.6 is 0 Å². The van der Waals surface area contributed by atoms with E-state index in [1.165, 1.54) is 5.57 Å². The van der Waals surface area contributed by atoms with E-state index in [2.05, 4.69) is 26.8 Å². The van der Waals surface area contributed by atoms with Crippen molar-refractivity contribution >= 4 is 6.29 Å². The molecule has 0 aromatic heterocycles. The first-order valence-electron chi connectivity index (χ1n) is 4.76.